The number of rotatable bonds is 10. The summed E-state index contributed by atoms with van der Waals surface area (Å²) in [6.07, 6.45) is 4.29. The molecule has 2 heterocycles. The first-order chi connectivity index (χ1) is 17.3. The van der Waals surface area contributed by atoms with Crippen LogP contribution in [0.1, 0.15) is 29.5 Å². The lowest BCUT2D eigenvalue weighted by Gasteiger charge is -2.23. The highest BCUT2D eigenvalue weighted by Gasteiger charge is 2.50. The number of unbranched alkanes of at least 4 members (excludes halogenated alkanes) is 1. The Balaban J connectivity index is 1.25. The minimum atomic E-state index is 0.127. The van der Waals surface area contributed by atoms with Crippen LogP contribution in [0, 0.1) is 0 Å². The van der Waals surface area contributed by atoms with Crippen molar-refractivity contribution < 1.29 is 9.53 Å². The minimum absolute atomic E-state index is 0.127. The van der Waals surface area contributed by atoms with Crippen molar-refractivity contribution >= 4 is 17.8 Å². The minimum Gasteiger partial charge on any atom is -0.377 e. The van der Waals surface area contributed by atoms with Crippen molar-refractivity contribution in [1.29, 1.82) is 0 Å². The van der Waals surface area contributed by atoms with Crippen molar-refractivity contribution in [3.8, 4) is 0 Å². The summed E-state index contributed by atoms with van der Waals surface area (Å²) in [5, 5.41) is 0. The van der Waals surface area contributed by atoms with Crippen molar-refractivity contribution in [2.24, 2.45) is 0 Å². The molecule has 0 radical (unpaired) electrons. The average molecular weight is 485 g/mol. The summed E-state index contributed by atoms with van der Waals surface area (Å²) in [6, 6.07) is 31.4. The lowest BCUT2D eigenvalue weighted by molar-refractivity contribution is 0.119. The van der Waals surface area contributed by atoms with Gasteiger partial charge in [-0.3, -0.25) is 0 Å². The quantitative estimate of drug-likeness (QED) is 0.244. The smallest absolute Gasteiger partial charge is 0.321 e. The second-order valence-corrected chi connectivity index (χ2v) is 10.2. The lowest BCUT2D eigenvalue weighted by atomic mass is 10.1. The molecule has 2 fully saturated rings. The van der Waals surface area contributed by atoms with Crippen LogP contribution in [0.15, 0.2) is 102 Å². The third-order valence-corrected chi connectivity index (χ3v) is 7.90. The molecule has 2 saturated heterocycles. The Morgan fingerprint density at radius 1 is 0.800 bits per heavy atom. The molecule has 0 saturated carbocycles. The number of ether oxygens (including phenoxy) is 1. The topological polar surface area (TPSA) is 32.8 Å². The Hall–Kier alpha value is -3.02. The molecule has 3 aromatic rings. The van der Waals surface area contributed by atoms with E-state index in [4.69, 9.17) is 4.74 Å². The molecule has 35 heavy (non-hydrogen) atoms. The fourth-order valence-corrected chi connectivity index (χ4v) is 6.30. The molecule has 2 atom stereocenters. The molecule has 5 rings (SSSR count). The number of hydrogen-bond acceptors (Lipinski definition) is 3. The van der Waals surface area contributed by atoms with E-state index in [2.05, 4.69) is 52.3 Å². The molecule has 0 aliphatic carbocycles. The fourth-order valence-electron chi connectivity index (χ4n) is 4.88. The van der Waals surface area contributed by atoms with Crippen molar-refractivity contribution in [2.45, 2.75) is 44.6 Å². The SMILES string of the molecule is O=C1N(Cc2ccccc2)[C@@H]2C(=CCCCOCc3ccccc3)SC[C@@H]2N1Cc1ccccc1. The van der Waals surface area contributed by atoms with Gasteiger partial charge in [-0.15, -0.1) is 11.8 Å². The van der Waals surface area contributed by atoms with Gasteiger partial charge in [0.1, 0.15) is 0 Å². The number of fused-ring (bicyclic) bond motifs is 1. The Morgan fingerprint density at radius 2 is 1.37 bits per heavy atom. The van der Waals surface area contributed by atoms with E-state index in [1.54, 1.807) is 0 Å². The first-order valence-corrected chi connectivity index (χ1v) is 13.4. The molecule has 0 bridgehead atoms. The number of urea groups is 1. The van der Waals surface area contributed by atoms with Gasteiger partial charge in [-0.1, -0.05) is 97.1 Å². The Labute approximate surface area is 212 Å². The standard InChI is InChI=1S/C30H32N2O2S/c33-30-31(20-24-12-4-1-5-13-24)27-23-35-28(29(27)32(30)21-25-14-6-2-7-15-25)18-10-11-19-34-22-26-16-8-3-9-17-26/h1-9,12-18,27,29H,10-11,19-23H2/t27-,29-/m0/s1. The molecule has 3 aromatic carbocycles. The van der Waals surface area contributed by atoms with Gasteiger partial charge < -0.3 is 14.5 Å². The van der Waals surface area contributed by atoms with E-state index >= 15 is 0 Å². The molecule has 180 valence electrons. The second kappa shape index (κ2) is 11.6. The fraction of sp³-hybridized carbons (Fsp3) is 0.300. The number of nitrogens with zero attached hydrogens (tertiary/aromatic N) is 2. The van der Waals surface area contributed by atoms with E-state index in [0.29, 0.717) is 19.7 Å². The number of benzene rings is 3. The highest BCUT2D eigenvalue weighted by molar-refractivity contribution is 8.03. The predicted octanol–water partition coefficient (Wildman–Crippen LogP) is 6.49. The van der Waals surface area contributed by atoms with Gasteiger partial charge in [0.15, 0.2) is 0 Å². The summed E-state index contributed by atoms with van der Waals surface area (Å²) in [5.41, 5.74) is 3.56. The predicted molar refractivity (Wildman–Crippen MR) is 143 cm³/mol. The van der Waals surface area contributed by atoms with Crippen molar-refractivity contribution in [2.75, 3.05) is 12.4 Å². The van der Waals surface area contributed by atoms with Gasteiger partial charge in [-0.25, -0.2) is 4.79 Å². The van der Waals surface area contributed by atoms with Crippen LogP contribution in [-0.2, 0) is 24.4 Å². The van der Waals surface area contributed by atoms with Gasteiger partial charge in [0.2, 0.25) is 0 Å². The average Bonchev–Trinajstić information content (AvgIpc) is 3.42. The number of hydrogen-bond donors (Lipinski definition) is 0. The number of thioether (sulfide) groups is 1. The Morgan fingerprint density at radius 3 is 2.00 bits per heavy atom. The van der Waals surface area contributed by atoms with Crippen molar-refractivity contribution in [3.05, 3.63) is 119 Å². The van der Waals surface area contributed by atoms with E-state index in [1.165, 1.54) is 21.6 Å². The Kier molecular flexibility index (Phi) is 7.86. The molecule has 0 N–H and O–H groups in total. The summed E-state index contributed by atoms with van der Waals surface area (Å²) in [4.78, 5) is 19.1. The van der Waals surface area contributed by atoms with Gasteiger partial charge in [0, 0.05) is 30.4 Å². The zero-order chi connectivity index (χ0) is 23.9. The maximum absolute atomic E-state index is 13.6. The third kappa shape index (κ3) is 5.80. The molecule has 4 nitrogen and oxygen atoms in total. The van der Waals surface area contributed by atoms with Crippen LogP contribution in [0.4, 0.5) is 4.79 Å². The summed E-state index contributed by atoms with van der Waals surface area (Å²) >= 11 is 1.91. The number of amides is 2. The molecule has 2 aliphatic heterocycles. The molecule has 5 heteroatoms. The molecular weight excluding hydrogens is 452 g/mol. The van der Waals surface area contributed by atoms with Gasteiger partial charge in [0.05, 0.1) is 18.7 Å². The summed E-state index contributed by atoms with van der Waals surface area (Å²) in [5.74, 6) is 0.949. The van der Waals surface area contributed by atoms with Crippen molar-refractivity contribution in [1.82, 2.24) is 9.80 Å². The molecule has 0 unspecified atom stereocenters. The van der Waals surface area contributed by atoms with Crippen LogP contribution in [0.25, 0.3) is 0 Å². The van der Waals surface area contributed by atoms with E-state index in [9.17, 15) is 4.79 Å². The first kappa shape index (κ1) is 23.7. The maximum Gasteiger partial charge on any atom is 0.321 e. The van der Waals surface area contributed by atoms with Crippen LogP contribution < -0.4 is 0 Å². The molecule has 2 amide bonds. The van der Waals surface area contributed by atoms with E-state index in [1.807, 2.05) is 66.4 Å². The molecule has 0 aromatic heterocycles. The van der Waals surface area contributed by atoms with E-state index < -0.39 is 0 Å². The summed E-state index contributed by atoms with van der Waals surface area (Å²) < 4.78 is 5.86. The second-order valence-electron chi connectivity index (χ2n) is 9.12. The summed E-state index contributed by atoms with van der Waals surface area (Å²) in [6.45, 7) is 2.70. The molecule has 2 aliphatic rings. The Bertz CT molecular complexity index is 1120. The maximum atomic E-state index is 13.6. The van der Waals surface area contributed by atoms with Crippen LogP contribution in [0.2, 0.25) is 0 Å². The normalized spacial score (nSPS) is 20.6. The zero-order valence-corrected chi connectivity index (χ0v) is 20.8. The van der Waals surface area contributed by atoms with Crippen LogP contribution >= 0.6 is 11.8 Å². The van der Waals surface area contributed by atoms with Crippen molar-refractivity contribution in [3.63, 3.8) is 0 Å². The monoisotopic (exact) mass is 484 g/mol. The van der Waals surface area contributed by atoms with Crippen LogP contribution in [-0.4, -0.2) is 40.3 Å². The van der Waals surface area contributed by atoms with Crippen LogP contribution in [0.5, 0.6) is 0 Å². The van der Waals surface area contributed by atoms with Crippen LogP contribution in [0.3, 0.4) is 0 Å². The van der Waals surface area contributed by atoms with Gasteiger partial charge in [0.25, 0.3) is 0 Å². The first-order valence-electron chi connectivity index (χ1n) is 12.4. The highest BCUT2D eigenvalue weighted by Crippen LogP contribution is 2.43. The number of allylic oxidation sites excluding steroid dienone is 1. The largest absolute Gasteiger partial charge is 0.377 e. The molecule has 0 spiro atoms. The van der Waals surface area contributed by atoms with E-state index in [-0.39, 0.29) is 18.1 Å². The van der Waals surface area contributed by atoms with Gasteiger partial charge in [-0.2, -0.15) is 0 Å². The number of carbonyl (C=O) groups is 1. The number of carbonyl (C=O) groups excluding carboxylic acids is 1. The summed E-state index contributed by atoms with van der Waals surface area (Å²) in [7, 11) is 0. The molecular formula is C30H32N2O2S. The van der Waals surface area contributed by atoms with E-state index in [0.717, 1.165) is 25.2 Å². The van der Waals surface area contributed by atoms with Gasteiger partial charge in [-0.05, 0) is 29.5 Å². The lowest BCUT2D eigenvalue weighted by Crippen LogP contribution is -2.35. The highest BCUT2D eigenvalue weighted by atomic mass is 32.2. The zero-order valence-electron chi connectivity index (χ0n) is 20.0. The third-order valence-electron chi connectivity index (χ3n) is 6.65. The van der Waals surface area contributed by atoms with Gasteiger partial charge >= 0.3 is 6.03 Å².